The molecule has 5 aromatic rings. The molecular weight excluding hydrogens is 658 g/mol. The van der Waals surface area contributed by atoms with Gasteiger partial charge in [0.05, 0.1) is 10.8 Å². The zero-order chi connectivity index (χ0) is 34.0. The molecule has 6 heteroatoms. The lowest BCUT2D eigenvalue weighted by molar-refractivity contribution is -0.606. The van der Waals surface area contributed by atoms with Crippen LogP contribution in [-0.4, -0.2) is 9.49 Å². The summed E-state index contributed by atoms with van der Waals surface area (Å²) in [5.41, 5.74) is 11.4. The van der Waals surface area contributed by atoms with Crippen LogP contribution in [0.1, 0.15) is 130 Å². The SMILES string of the molecule is Cc1ccc(C(Cc2ccc([N+](=O)[O-])cc2)c2n(-c3c(C(C)C)cccc3C(C)C)cc[n+]2-c2c(C(C)C)cccc2C(C)C)cc1.[Br-]. The first-order chi connectivity index (χ1) is 22.4. The lowest BCUT2D eigenvalue weighted by Gasteiger charge is -2.23. The number of halogens is 1. The van der Waals surface area contributed by atoms with E-state index in [1.807, 2.05) is 12.1 Å². The van der Waals surface area contributed by atoms with Crippen molar-refractivity contribution < 1.29 is 26.5 Å². The fourth-order valence-electron chi connectivity index (χ4n) is 6.84. The van der Waals surface area contributed by atoms with Crippen LogP contribution in [-0.2, 0) is 6.42 Å². The number of hydrogen-bond acceptors (Lipinski definition) is 2. The number of non-ortho nitro benzene ring substituents is 1. The van der Waals surface area contributed by atoms with Crippen LogP contribution in [0.3, 0.4) is 0 Å². The predicted molar refractivity (Wildman–Crippen MR) is 193 cm³/mol. The van der Waals surface area contributed by atoms with Crippen molar-refractivity contribution in [3.8, 4) is 11.4 Å². The van der Waals surface area contributed by atoms with Gasteiger partial charge < -0.3 is 17.0 Å². The Hall–Kier alpha value is -4.03. The molecule has 0 fully saturated rings. The molecule has 0 N–H and O–H groups in total. The molecule has 48 heavy (non-hydrogen) atoms. The van der Waals surface area contributed by atoms with Crippen LogP contribution < -0.4 is 21.5 Å². The summed E-state index contributed by atoms with van der Waals surface area (Å²) in [5.74, 6) is 2.44. The number of para-hydroxylation sites is 2. The van der Waals surface area contributed by atoms with E-state index in [0.717, 1.165) is 5.56 Å². The van der Waals surface area contributed by atoms with Crippen molar-refractivity contribution in [3.05, 3.63) is 152 Å². The average molecular weight is 709 g/mol. The average Bonchev–Trinajstić information content (AvgIpc) is 3.47. The second-order valence-electron chi connectivity index (χ2n) is 14.2. The summed E-state index contributed by atoms with van der Waals surface area (Å²) < 4.78 is 4.92. The number of aryl methyl sites for hydroxylation is 1. The molecule has 0 saturated carbocycles. The van der Waals surface area contributed by atoms with E-state index >= 15 is 0 Å². The second kappa shape index (κ2) is 15.5. The van der Waals surface area contributed by atoms with Crippen LogP contribution in [0.25, 0.3) is 11.4 Å². The number of aromatic nitrogens is 2. The summed E-state index contributed by atoms with van der Waals surface area (Å²) in [7, 11) is 0. The molecule has 1 aromatic heterocycles. The molecule has 4 aromatic carbocycles. The number of nitro groups is 1. The molecule has 0 radical (unpaired) electrons. The Morgan fingerprint density at radius 1 is 0.688 bits per heavy atom. The van der Waals surface area contributed by atoms with E-state index in [-0.39, 0.29) is 33.5 Å². The Balaban J connectivity index is 0.00000520. The highest BCUT2D eigenvalue weighted by molar-refractivity contribution is 5.53. The van der Waals surface area contributed by atoms with Crippen molar-refractivity contribution in [2.45, 2.75) is 98.3 Å². The lowest BCUT2D eigenvalue weighted by atomic mass is 9.88. The molecule has 1 unspecified atom stereocenters. The van der Waals surface area contributed by atoms with Gasteiger partial charge in [-0.3, -0.25) is 10.1 Å². The van der Waals surface area contributed by atoms with Gasteiger partial charge in [0.15, 0.2) is 0 Å². The minimum atomic E-state index is -0.326. The normalized spacial score (nSPS) is 12.2. The van der Waals surface area contributed by atoms with E-state index in [9.17, 15) is 10.1 Å². The summed E-state index contributed by atoms with van der Waals surface area (Å²) in [6.07, 6.45) is 5.22. The predicted octanol–water partition coefficient (Wildman–Crippen LogP) is 7.84. The van der Waals surface area contributed by atoms with Crippen LogP contribution in [0, 0.1) is 17.0 Å². The topological polar surface area (TPSA) is 52.0 Å². The largest absolute Gasteiger partial charge is 1.00 e. The highest BCUT2D eigenvalue weighted by atomic mass is 79.9. The third kappa shape index (κ3) is 7.49. The second-order valence-corrected chi connectivity index (χ2v) is 14.2. The van der Waals surface area contributed by atoms with Crippen molar-refractivity contribution in [3.63, 3.8) is 0 Å². The van der Waals surface area contributed by atoms with Crippen molar-refractivity contribution in [2.75, 3.05) is 0 Å². The highest BCUT2D eigenvalue weighted by Crippen LogP contribution is 2.37. The summed E-state index contributed by atoms with van der Waals surface area (Å²) >= 11 is 0. The summed E-state index contributed by atoms with van der Waals surface area (Å²) in [5, 5.41) is 11.5. The van der Waals surface area contributed by atoms with Crippen LogP contribution >= 0.6 is 0 Å². The quantitative estimate of drug-likeness (QED) is 0.0798. The molecule has 0 bridgehead atoms. The zero-order valence-electron chi connectivity index (χ0n) is 29.9. The van der Waals surface area contributed by atoms with Gasteiger partial charge in [0.2, 0.25) is 0 Å². The van der Waals surface area contributed by atoms with Gasteiger partial charge >= 0.3 is 0 Å². The van der Waals surface area contributed by atoms with Gasteiger partial charge in [0, 0.05) is 34.4 Å². The van der Waals surface area contributed by atoms with E-state index in [2.05, 4.69) is 145 Å². The first kappa shape index (κ1) is 36.8. The Kier molecular flexibility index (Phi) is 11.9. The molecule has 0 saturated heterocycles. The van der Waals surface area contributed by atoms with Gasteiger partial charge in [0.1, 0.15) is 23.8 Å². The van der Waals surface area contributed by atoms with E-state index < -0.39 is 0 Å². The molecule has 0 spiro atoms. The molecule has 0 amide bonds. The maximum atomic E-state index is 11.5. The van der Waals surface area contributed by atoms with Crippen molar-refractivity contribution >= 4 is 5.69 Å². The smallest absolute Gasteiger partial charge is 0.274 e. The Labute approximate surface area is 297 Å². The molecule has 0 aliphatic heterocycles. The Morgan fingerprint density at radius 2 is 1.17 bits per heavy atom. The third-order valence-corrected chi connectivity index (χ3v) is 9.40. The van der Waals surface area contributed by atoms with Gasteiger partial charge in [-0.1, -0.05) is 134 Å². The molecule has 252 valence electrons. The summed E-state index contributed by atoms with van der Waals surface area (Å²) in [6, 6.07) is 29.5. The Morgan fingerprint density at radius 3 is 1.62 bits per heavy atom. The van der Waals surface area contributed by atoms with E-state index in [4.69, 9.17) is 0 Å². The monoisotopic (exact) mass is 707 g/mol. The van der Waals surface area contributed by atoms with Gasteiger partial charge in [-0.15, -0.1) is 0 Å². The number of rotatable bonds is 11. The number of hydrogen-bond donors (Lipinski definition) is 0. The minimum Gasteiger partial charge on any atom is -1.00 e. The molecular formula is C42H50BrN3O2. The van der Waals surface area contributed by atoms with Crippen LogP contribution in [0.2, 0.25) is 0 Å². The highest BCUT2D eigenvalue weighted by Gasteiger charge is 2.35. The molecule has 1 atom stereocenters. The van der Waals surface area contributed by atoms with E-state index in [1.165, 1.54) is 50.6 Å². The molecule has 5 nitrogen and oxygen atoms in total. The summed E-state index contributed by atoms with van der Waals surface area (Å²) in [6.45, 7) is 20.3. The van der Waals surface area contributed by atoms with Crippen molar-refractivity contribution in [1.82, 2.24) is 4.57 Å². The van der Waals surface area contributed by atoms with Crippen LogP contribution in [0.5, 0.6) is 0 Å². The maximum Gasteiger partial charge on any atom is 0.274 e. The van der Waals surface area contributed by atoms with Gasteiger partial charge in [-0.25, -0.2) is 0 Å². The fourth-order valence-corrected chi connectivity index (χ4v) is 6.84. The van der Waals surface area contributed by atoms with Crippen molar-refractivity contribution in [1.29, 1.82) is 0 Å². The van der Waals surface area contributed by atoms with E-state index in [1.54, 1.807) is 12.1 Å². The standard InChI is InChI=1S/C42H50N3O2.BrH/c1-27(2)35-12-10-13-36(28(3)4)40(35)43-24-25-44(41-37(29(5)6)14-11-15-38(41)30(7)8)42(43)39(33-20-16-31(9)17-21-33)26-32-18-22-34(23-19-32)45(46)47;/h10-25,27-30,39H,26H2,1-9H3;1H/q+1;/p-1. The number of benzene rings is 4. The first-order valence-electron chi connectivity index (χ1n) is 17.1. The summed E-state index contributed by atoms with van der Waals surface area (Å²) in [4.78, 5) is 11.2. The zero-order valence-corrected chi connectivity index (χ0v) is 31.5. The lowest BCUT2D eigenvalue weighted by Crippen LogP contribution is -3.00. The minimum absolute atomic E-state index is 0. The molecule has 0 aliphatic carbocycles. The first-order valence-corrected chi connectivity index (χ1v) is 17.1. The number of nitrogens with zero attached hydrogens (tertiary/aromatic N) is 3. The van der Waals surface area contributed by atoms with Gasteiger partial charge in [-0.05, 0) is 48.1 Å². The number of nitro benzene ring substituents is 1. The molecule has 5 rings (SSSR count). The van der Waals surface area contributed by atoms with Gasteiger partial charge in [0.25, 0.3) is 11.5 Å². The van der Waals surface area contributed by atoms with Crippen molar-refractivity contribution in [2.24, 2.45) is 0 Å². The van der Waals surface area contributed by atoms with Crippen LogP contribution in [0.15, 0.2) is 97.3 Å². The Bertz CT molecular complexity index is 1720. The number of imidazole rings is 1. The van der Waals surface area contributed by atoms with E-state index in [0.29, 0.717) is 30.1 Å². The molecule has 0 aliphatic rings. The fraction of sp³-hybridized carbons (Fsp3) is 0.357. The molecule has 1 heterocycles. The maximum absolute atomic E-state index is 11.5. The van der Waals surface area contributed by atoms with Gasteiger partial charge in [-0.2, -0.15) is 9.13 Å². The third-order valence-electron chi connectivity index (χ3n) is 9.40. The van der Waals surface area contributed by atoms with Crippen LogP contribution in [0.4, 0.5) is 5.69 Å².